The summed E-state index contributed by atoms with van der Waals surface area (Å²) in [6.45, 7) is 7.93. The van der Waals surface area contributed by atoms with E-state index in [0.29, 0.717) is 12.5 Å². The predicted molar refractivity (Wildman–Crippen MR) is 137 cm³/mol. The molecule has 0 radical (unpaired) electrons. The summed E-state index contributed by atoms with van der Waals surface area (Å²) in [5.74, 6) is 2.63. The van der Waals surface area contributed by atoms with Crippen molar-refractivity contribution >= 4 is 35.8 Å². The van der Waals surface area contributed by atoms with Gasteiger partial charge in [-0.3, -0.25) is 4.68 Å². The molecule has 1 N–H and O–H groups in total. The quantitative estimate of drug-likeness (QED) is 0.358. The molecule has 2 aromatic heterocycles. The van der Waals surface area contributed by atoms with Crippen LogP contribution in [0.1, 0.15) is 56.1 Å². The fourth-order valence-electron chi connectivity index (χ4n) is 4.46. The first-order valence-electron chi connectivity index (χ1n) is 11.4. The molecule has 1 atom stereocenters. The summed E-state index contributed by atoms with van der Waals surface area (Å²) in [5.41, 5.74) is 2.48. The molecule has 2 aliphatic rings. The molecule has 0 aliphatic carbocycles. The highest BCUT2D eigenvalue weighted by molar-refractivity contribution is 14.0. The number of hydrogen-bond acceptors (Lipinski definition) is 4. The number of pyridine rings is 1. The third kappa shape index (κ3) is 6.33. The Morgan fingerprint density at radius 3 is 2.58 bits per heavy atom. The SMILES string of the molecule is CCNC(=NCc1ccc(N2CCCCCC2)nc1)N1CCC(c2cnn(C)c2)C1.I. The molecule has 4 rings (SSSR count). The van der Waals surface area contributed by atoms with Crippen LogP contribution in [-0.4, -0.2) is 58.3 Å². The van der Waals surface area contributed by atoms with Gasteiger partial charge in [-0.1, -0.05) is 18.9 Å². The second-order valence-corrected chi connectivity index (χ2v) is 8.48. The Kier molecular flexibility index (Phi) is 8.98. The molecule has 0 amide bonds. The molecular weight excluding hydrogens is 501 g/mol. The maximum Gasteiger partial charge on any atom is 0.194 e. The second kappa shape index (κ2) is 11.7. The summed E-state index contributed by atoms with van der Waals surface area (Å²) in [6, 6.07) is 4.35. The normalized spacial score (nSPS) is 19.8. The lowest BCUT2D eigenvalue weighted by Gasteiger charge is -2.22. The van der Waals surface area contributed by atoms with E-state index in [9.17, 15) is 0 Å². The van der Waals surface area contributed by atoms with Crippen LogP contribution in [0.3, 0.4) is 0 Å². The Morgan fingerprint density at radius 1 is 1.13 bits per heavy atom. The van der Waals surface area contributed by atoms with E-state index in [0.717, 1.165) is 56.5 Å². The number of aliphatic imine (C=N–C) groups is 1. The topological polar surface area (TPSA) is 61.6 Å². The van der Waals surface area contributed by atoms with Crippen molar-refractivity contribution in [2.45, 2.75) is 51.5 Å². The third-order valence-corrected chi connectivity index (χ3v) is 6.17. The number of nitrogens with one attached hydrogen (secondary N) is 1. The van der Waals surface area contributed by atoms with Crippen LogP contribution in [0.2, 0.25) is 0 Å². The van der Waals surface area contributed by atoms with E-state index in [-0.39, 0.29) is 24.0 Å². The fraction of sp³-hybridized carbons (Fsp3) is 0.609. The zero-order chi connectivity index (χ0) is 20.8. The van der Waals surface area contributed by atoms with Gasteiger partial charge >= 0.3 is 0 Å². The van der Waals surface area contributed by atoms with E-state index in [1.54, 1.807) is 0 Å². The zero-order valence-electron chi connectivity index (χ0n) is 18.8. The molecule has 0 saturated carbocycles. The van der Waals surface area contributed by atoms with Crippen molar-refractivity contribution in [3.63, 3.8) is 0 Å². The Hall–Kier alpha value is -1.84. The van der Waals surface area contributed by atoms with Gasteiger partial charge in [0.05, 0.1) is 12.7 Å². The molecule has 2 aromatic rings. The maximum atomic E-state index is 4.91. The van der Waals surface area contributed by atoms with Crippen LogP contribution in [0, 0.1) is 0 Å². The number of anilines is 1. The number of hydrogen-bond donors (Lipinski definition) is 1. The molecule has 2 saturated heterocycles. The summed E-state index contributed by atoms with van der Waals surface area (Å²) in [5, 5.41) is 7.80. The van der Waals surface area contributed by atoms with Gasteiger partial charge in [-0.05, 0) is 43.4 Å². The summed E-state index contributed by atoms with van der Waals surface area (Å²) >= 11 is 0. The lowest BCUT2D eigenvalue weighted by atomic mass is 10.0. The summed E-state index contributed by atoms with van der Waals surface area (Å²) in [6.07, 6.45) is 12.5. The van der Waals surface area contributed by atoms with E-state index in [1.165, 1.54) is 31.2 Å². The molecule has 1 unspecified atom stereocenters. The fourth-order valence-corrected chi connectivity index (χ4v) is 4.46. The van der Waals surface area contributed by atoms with Gasteiger partial charge in [0, 0.05) is 58.1 Å². The summed E-state index contributed by atoms with van der Waals surface area (Å²) < 4.78 is 1.89. The standard InChI is InChI=1S/C23H35N7.HI/c1-3-24-23(30-13-10-20(18-30)21-16-27-28(2)17-21)26-15-19-8-9-22(25-14-19)29-11-6-4-5-7-12-29;/h8-9,14,16-17,20H,3-7,10-13,15,18H2,1-2H3,(H,24,26);1H. The monoisotopic (exact) mass is 537 g/mol. The first-order chi connectivity index (χ1) is 14.7. The maximum absolute atomic E-state index is 4.91. The van der Waals surface area contributed by atoms with E-state index < -0.39 is 0 Å². The van der Waals surface area contributed by atoms with Gasteiger partial charge in [0.25, 0.3) is 0 Å². The molecule has 0 spiro atoms. The number of rotatable bonds is 5. The molecule has 31 heavy (non-hydrogen) atoms. The van der Waals surface area contributed by atoms with Gasteiger partial charge < -0.3 is 15.1 Å². The minimum atomic E-state index is 0. The Morgan fingerprint density at radius 2 is 1.94 bits per heavy atom. The average Bonchev–Trinajstić information content (AvgIpc) is 3.33. The molecule has 4 heterocycles. The van der Waals surface area contributed by atoms with E-state index in [2.05, 4.69) is 45.5 Å². The number of nitrogens with zero attached hydrogens (tertiary/aromatic N) is 6. The van der Waals surface area contributed by atoms with Crippen molar-refractivity contribution in [3.05, 3.63) is 41.9 Å². The highest BCUT2D eigenvalue weighted by Crippen LogP contribution is 2.26. The summed E-state index contributed by atoms with van der Waals surface area (Å²) in [7, 11) is 1.98. The number of halogens is 1. The van der Waals surface area contributed by atoms with Crippen molar-refractivity contribution in [1.29, 1.82) is 0 Å². The Labute approximate surface area is 203 Å². The van der Waals surface area contributed by atoms with E-state index in [1.807, 2.05) is 24.1 Å². The molecule has 0 bridgehead atoms. The van der Waals surface area contributed by atoms with Gasteiger partial charge in [-0.2, -0.15) is 5.10 Å². The van der Waals surface area contributed by atoms with Crippen LogP contribution in [-0.2, 0) is 13.6 Å². The van der Waals surface area contributed by atoms with Gasteiger partial charge in [0.1, 0.15) is 5.82 Å². The smallest absolute Gasteiger partial charge is 0.194 e. The first-order valence-corrected chi connectivity index (χ1v) is 11.4. The van der Waals surface area contributed by atoms with Crippen LogP contribution in [0.15, 0.2) is 35.7 Å². The molecule has 170 valence electrons. The van der Waals surface area contributed by atoms with Crippen LogP contribution in [0.4, 0.5) is 5.82 Å². The number of likely N-dealkylation sites (tertiary alicyclic amines) is 1. The van der Waals surface area contributed by atoms with Gasteiger partial charge in [-0.25, -0.2) is 9.98 Å². The van der Waals surface area contributed by atoms with Gasteiger partial charge in [0.15, 0.2) is 5.96 Å². The van der Waals surface area contributed by atoms with Crippen LogP contribution in [0.5, 0.6) is 0 Å². The van der Waals surface area contributed by atoms with E-state index in [4.69, 9.17) is 9.98 Å². The number of aryl methyl sites for hydroxylation is 1. The lowest BCUT2D eigenvalue weighted by Crippen LogP contribution is -2.40. The number of aromatic nitrogens is 3. The van der Waals surface area contributed by atoms with Crippen LogP contribution < -0.4 is 10.2 Å². The van der Waals surface area contributed by atoms with Crippen molar-refractivity contribution in [2.75, 3.05) is 37.6 Å². The lowest BCUT2D eigenvalue weighted by molar-refractivity contribution is 0.486. The predicted octanol–water partition coefficient (Wildman–Crippen LogP) is 3.77. The van der Waals surface area contributed by atoms with Crippen molar-refractivity contribution in [1.82, 2.24) is 25.0 Å². The summed E-state index contributed by atoms with van der Waals surface area (Å²) in [4.78, 5) is 14.4. The van der Waals surface area contributed by atoms with Gasteiger partial charge in [0.2, 0.25) is 0 Å². The molecule has 2 fully saturated rings. The third-order valence-electron chi connectivity index (χ3n) is 6.17. The Balaban J connectivity index is 0.00000272. The molecule has 7 nitrogen and oxygen atoms in total. The van der Waals surface area contributed by atoms with Gasteiger partial charge in [-0.15, -0.1) is 24.0 Å². The minimum absolute atomic E-state index is 0. The molecule has 2 aliphatic heterocycles. The van der Waals surface area contributed by atoms with Crippen molar-refractivity contribution < 1.29 is 0 Å². The Bertz CT molecular complexity index is 825. The van der Waals surface area contributed by atoms with Crippen LogP contribution in [0.25, 0.3) is 0 Å². The zero-order valence-corrected chi connectivity index (χ0v) is 21.2. The van der Waals surface area contributed by atoms with E-state index >= 15 is 0 Å². The van der Waals surface area contributed by atoms with Crippen LogP contribution >= 0.6 is 24.0 Å². The minimum Gasteiger partial charge on any atom is -0.357 e. The highest BCUT2D eigenvalue weighted by atomic mass is 127. The first kappa shape index (κ1) is 23.8. The number of guanidine groups is 1. The largest absolute Gasteiger partial charge is 0.357 e. The highest BCUT2D eigenvalue weighted by Gasteiger charge is 2.26. The molecular formula is C23H36IN7. The molecule has 0 aromatic carbocycles. The second-order valence-electron chi connectivity index (χ2n) is 8.48. The van der Waals surface area contributed by atoms with Crippen molar-refractivity contribution in [3.8, 4) is 0 Å². The molecule has 8 heteroatoms. The van der Waals surface area contributed by atoms with Crippen molar-refractivity contribution in [2.24, 2.45) is 12.0 Å². The average molecular weight is 537 g/mol.